The molecule has 0 amide bonds. The average Bonchev–Trinajstić information content (AvgIpc) is 2.68. The fraction of sp³-hybridized carbons (Fsp3) is 0.0833. The molecule has 0 aliphatic rings. The van der Waals surface area contributed by atoms with Gasteiger partial charge in [0, 0.05) is 23.3 Å². The second-order valence-electron chi connectivity index (χ2n) is 3.73. The van der Waals surface area contributed by atoms with Crippen LogP contribution in [0.15, 0.2) is 35.1 Å². The number of nitrogens with zero attached hydrogens (tertiary/aromatic N) is 3. The van der Waals surface area contributed by atoms with Crippen LogP contribution in [0.1, 0.15) is 5.56 Å². The molecular formula is C12H10N4O. The minimum Gasteiger partial charge on any atom is -0.453 e. The van der Waals surface area contributed by atoms with Crippen molar-refractivity contribution in [2.24, 2.45) is 0 Å². The second-order valence-corrected chi connectivity index (χ2v) is 3.73. The Labute approximate surface area is 97.3 Å². The van der Waals surface area contributed by atoms with Crippen LogP contribution in [0.25, 0.3) is 22.4 Å². The van der Waals surface area contributed by atoms with Crippen molar-refractivity contribution in [2.45, 2.75) is 6.92 Å². The predicted molar refractivity (Wildman–Crippen MR) is 64.2 cm³/mol. The number of fused-ring (bicyclic) bond motifs is 1. The van der Waals surface area contributed by atoms with Gasteiger partial charge in [0.05, 0.1) is 6.20 Å². The maximum Gasteiger partial charge on any atom is 0.220 e. The van der Waals surface area contributed by atoms with Gasteiger partial charge in [0.15, 0.2) is 11.3 Å². The number of aryl methyl sites for hydroxylation is 1. The lowest BCUT2D eigenvalue weighted by molar-refractivity contribution is 0.624. The molecule has 0 aromatic carbocycles. The molecule has 3 aromatic heterocycles. The number of anilines is 1. The summed E-state index contributed by atoms with van der Waals surface area (Å²) in [6.45, 7) is 1.99. The molecule has 0 radical (unpaired) electrons. The van der Waals surface area contributed by atoms with Crippen molar-refractivity contribution < 1.29 is 4.42 Å². The Morgan fingerprint density at radius 3 is 2.88 bits per heavy atom. The van der Waals surface area contributed by atoms with Gasteiger partial charge in [-0.1, -0.05) is 0 Å². The normalized spacial score (nSPS) is 10.9. The molecule has 0 saturated heterocycles. The molecule has 84 valence electrons. The van der Waals surface area contributed by atoms with Gasteiger partial charge in [0.1, 0.15) is 5.69 Å². The van der Waals surface area contributed by atoms with Crippen LogP contribution in [0.3, 0.4) is 0 Å². The summed E-state index contributed by atoms with van der Waals surface area (Å²) in [5.41, 5.74) is 8.03. The van der Waals surface area contributed by atoms with E-state index in [2.05, 4.69) is 15.0 Å². The number of hydrogen-bond acceptors (Lipinski definition) is 5. The van der Waals surface area contributed by atoms with Crippen LogP contribution < -0.4 is 5.73 Å². The van der Waals surface area contributed by atoms with E-state index >= 15 is 0 Å². The van der Waals surface area contributed by atoms with E-state index in [4.69, 9.17) is 10.2 Å². The number of nitrogen functional groups attached to an aromatic ring is 1. The summed E-state index contributed by atoms with van der Waals surface area (Å²) in [6.07, 6.45) is 5.04. The fourth-order valence-electron chi connectivity index (χ4n) is 1.82. The molecular weight excluding hydrogens is 216 g/mol. The molecule has 3 heterocycles. The van der Waals surface area contributed by atoms with Gasteiger partial charge in [-0.15, -0.1) is 0 Å². The van der Waals surface area contributed by atoms with Gasteiger partial charge in [-0.2, -0.15) is 0 Å². The summed E-state index contributed by atoms with van der Waals surface area (Å²) >= 11 is 0. The molecule has 0 saturated carbocycles. The first-order chi connectivity index (χ1) is 8.25. The molecule has 0 unspecified atom stereocenters. The molecule has 17 heavy (non-hydrogen) atoms. The summed E-state index contributed by atoms with van der Waals surface area (Å²) in [4.78, 5) is 12.0. The molecule has 0 aliphatic carbocycles. The Balaban J connectivity index is 2.27. The third-order valence-corrected chi connectivity index (χ3v) is 2.65. The van der Waals surface area contributed by atoms with E-state index in [9.17, 15) is 0 Å². The molecule has 0 aliphatic heterocycles. The highest BCUT2D eigenvalue weighted by Gasteiger charge is 2.13. The third-order valence-electron chi connectivity index (χ3n) is 2.65. The van der Waals surface area contributed by atoms with Crippen LogP contribution in [0.4, 0.5) is 5.95 Å². The topological polar surface area (TPSA) is 77.8 Å². The standard InChI is InChI=1S/C12H10N4O/c1-7-8-2-4-14-6-10(8)17-11(7)9-3-5-15-12(13)16-9/h2-6H,1H3,(H2,13,15,16). The van der Waals surface area contributed by atoms with Crippen molar-refractivity contribution in [1.82, 2.24) is 15.0 Å². The largest absolute Gasteiger partial charge is 0.453 e. The van der Waals surface area contributed by atoms with Crippen LogP contribution in [-0.2, 0) is 0 Å². The van der Waals surface area contributed by atoms with Gasteiger partial charge in [-0.3, -0.25) is 4.98 Å². The van der Waals surface area contributed by atoms with Gasteiger partial charge in [0.2, 0.25) is 5.95 Å². The Kier molecular flexibility index (Phi) is 2.04. The number of nitrogens with two attached hydrogens (primary N) is 1. The number of furan rings is 1. The maximum absolute atomic E-state index is 5.73. The second kappa shape index (κ2) is 3.55. The van der Waals surface area contributed by atoms with Crippen LogP contribution >= 0.6 is 0 Å². The van der Waals surface area contributed by atoms with E-state index in [1.165, 1.54) is 0 Å². The monoisotopic (exact) mass is 226 g/mol. The Morgan fingerprint density at radius 1 is 1.24 bits per heavy atom. The van der Waals surface area contributed by atoms with Gasteiger partial charge >= 0.3 is 0 Å². The minimum absolute atomic E-state index is 0.237. The smallest absolute Gasteiger partial charge is 0.220 e. The van der Waals surface area contributed by atoms with Crippen LogP contribution in [0.5, 0.6) is 0 Å². The first-order valence-electron chi connectivity index (χ1n) is 5.18. The van der Waals surface area contributed by atoms with E-state index < -0.39 is 0 Å². The highest BCUT2D eigenvalue weighted by Crippen LogP contribution is 2.31. The molecule has 3 rings (SSSR count). The van der Waals surface area contributed by atoms with Crippen LogP contribution in [-0.4, -0.2) is 15.0 Å². The Hall–Kier alpha value is -2.43. The first-order valence-corrected chi connectivity index (χ1v) is 5.18. The Bertz CT molecular complexity index is 690. The number of pyridine rings is 1. The van der Waals surface area contributed by atoms with Crippen LogP contribution in [0.2, 0.25) is 0 Å². The zero-order valence-corrected chi connectivity index (χ0v) is 9.21. The zero-order chi connectivity index (χ0) is 11.8. The third kappa shape index (κ3) is 1.52. The fourth-order valence-corrected chi connectivity index (χ4v) is 1.82. The SMILES string of the molecule is Cc1c(-c2ccnc(N)n2)oc2cnccc12. The summed E-state index contributed by atoms with van der Waals surface area (Å²) in [7, 11) is 0. The molecule has 0 spiro atoms. The van der Waals surface area contributed by atoms with Gasteiger partial charge < -0.3 is 10.2 Å². The van der Waals surface area contributed by atoms with Crippen molar-refractivity contribution in [1.29, 1.82) is 0 Å². The van der Waals surface area contributed by atoms with Crippen molar-refractivity contribution in [3.8, 4) is 11.5 Å². The molecule has 5 nitrogen and oxygen atoms in total. The van der Waals surface area contributed by atoms with E-state index in [-0.39, 0.29) is 5.95 Å². The molecule has 5 heteroatoms. The summed E-state index contributed by atoms with van der Waals surface area (Å²) in [5.74, 6) is 0.947. The summed E-state index contributed by atoms with van der Waals surface area (Å²) in [5, 5.41) is 1.03. The lowest BCUT2D eigenvalue weighted by Crippen LogP contribution is -1.95. The van der Waals surface area contributed by atoms with Crippen molar-refractivity contribution in [3.05, 3.63) is 36.3 Å². The van der Waals surface area contributed by atoms with E-state index in [1.54, 1.807) is 24.7 Å². The molecule has 3 aromatic rings. The van der Waals surface area contributed by atoms with E-state index in [0.29, 0.717) is 11.5 Å². The zero-order valence-electron chi connectivity index (χ0n) is 9.21. The first kappa shape index (κ1) is 9.77. The number of hydrogen-bond donors (Lipinski definition) is 1. The van der Waals surface area contributed by atoms with Crippen molar-refractivity contribution >= 4 is 16.9 Å². The molecule has 2 N–H and O–H groups in total. The number of rotatable bonds is 1. The van der Waals surface area contributed by atoms with Gasteiger partial charge in [-0.25, -0.2) is 9.97 Å². The highest BCUT2D eigenvalue weighted by molar-refractivity contribution is 5.86. The van der Waals surface area contributed by atoms with Crippen molar-refractivity contribution in [3.63, 3.8) is 0 Å². The van der Waals surface area contributed by atoms with E-state index in [0.717, 1.165) is 16.5 Å². The van der Waals surface area contributed by atoms with Crippen molar-refractivity contribution in [2.75, 3.05) is 5.73 Å². The summed E-state index contributed by atoms with van der Waals surface area (Å²) in [6, 6.07) is 3.69. The summed E-state index contributed by atoms with van der Waals surface area (Å²) < 4.78 is 5.73. The average molecular weight is 226 g/mol. The van der Waals surface area contributed by atoms with Gasteiger partial charge in [0.25, 0.3) is 0 Å². The minimum atomic E-state index is 0.237. The number of aromatic nitrogens is 3. The quantitative estimate of drug-likeness (QED) is 0.688. The van der Waals surface area contributed by atoms with Crippen LogP contribution in [0, 0.1) is 6.92 Å². The molecule has 0 bridgehead atoms. The lowest BCUT2D eigenvalue weighted by Gasteiger charge is -1.98. The van der Waals surface area contributed by atoms with Gasteiger partial charge in [-0.05, 0) is 19.1 Å². The Morgan fingerprint density at radius 2 is 2.12 bits per heavy atom. The highest BCUT2D eigenvalue weighted by atomic mass is 16.3. The predicted octanol–water partition coefficient (Wildman–Crippen LogP) is 2.18. The van der Waals surface area contributed by atoms with E-state index in [1.807, 2.05) is 13.0 Å². The lowest BCUT2D eigenvalue weighted by atomic mass is 10.1. The maximum atomic E-state index is 5.73. The molecule has 0 atom stereocenters. The molecule has 0 fully saturated rings.